The molecule has 6 heteroatoms. The minimum Gasteiger partial charge on any atom is -0.474 e. The van der Waals surface area contributed by atoms with E-state index in [4.69, 9.17) is 21.1 Å². The summed E-state index contributed by atoms with van der Waals surface area (Å²) in [7, 11) is 0. The van der Waals surface area contributed by atoms with E-state index < -0.39 is 11.6 Å². The predicted octanol–water partition coefficient (Wildman–Crippen LogP) is 2.37. The Morgan fingerprint density at radius 3 is 2.72 bits per heavy atom. The van der Waals surface area contributed by atoms with E-state index in [1.165, 1.54) is 19.1 Å². The van der Waals surface area contributed by atoms with E-state index in [0.29, 0.717) is 11.4 Å². The molecule has 0 aromatic heterocycles. The van der Waals surface area contributed by atoms with Gasteiger partial charge in [-0.1, -0.05) is 11.6 Å². The number of nitrogens with one attached hydrogen (secondary N) is 1. The SMILES string of the molecule is CC(=O)Oc1cc(Cl)c2c(c1)NC(=O)C(C)(C)O2. The fraction of sp³-hybridized carbons (Fsp3) is 0.333. The summed E-state index contributed by atoms with van der Waals surface area (Å²) in [5, 5.41) is 2.94. The number of fused-ring (bicyclic) bond motifs is 1. The monoisotopic (exact) mass is 269 g/mol. The van der Waals surface area contributed by atoms with Gasteiger partial charge >= 0.3 is 5.97 Å². The molecule has 0 bridgehead atoms. The van der Waals surface area contributed by atoms with Crippen LogP contribution >= 0.6 is 11.6 Å². The van der Waals surface area contributed by atoms with Gasteiger partial charge in [0.1, 0.15) is 5.75 Å². The Kier molecular flexibility index (Phi) is 2.94. The molecule has 0 radical (unpaired) electrons. The maximum absolute atomic E-state index is 11.7. The topological polar surface area (TPSA) is 64.6 Å². The van der Waals surface area contributed by atoms with E-state index in [-0.39, 0.29) is 16.7 Å². The largest absolute Gasteiger partial charge is 0.474 e. The van der Waals surface area contributed by atoms with Crippen LogP contribution in [0.1, 0.15) is 20.8 Å². The molecule has 1 N–H and O–H groups in total. The lowest BCUT2D eigenvalue weighted by atomic mass is 10.1. The molecule has 0 fully saturated rings. The van der Waals surface area contributed by atoms with Crippen molar-refractivity contribution in [2.45, 2.75) is 26.4 Å². The van der Waals surface area contributed by atoms with Gasteiger partial charge in [0.2, 0.25) is 0 Å². The summed E-state index contributed by atoms with van der Waals surface area (Å²) in [6, 6.07) is 2.96. The van der Waals surface area contributed by atoms with Crippen molar-refractivity contribution in [2.75, 3.05) is 5.32 Å². The van der Waals surface area contributed by atoms with Crippen LogP contribution in [0, 0.1) is 0 Å². The van der Waals surface area contributed by atoms with Crippen molar-refractivity contribution in [1.29, 1.82) is 0 Å². The van der Waals surface area contributed by atoms with Gasteiger partial charge in [-0.25, -0.2) is 0 Å². The molecule has 0 unspecified atom stereocenters. The van der Waals surface area contributed by atoms with Crippen molar-refractivity contribution in [3.63, 3.8) is 0 Å². The van der Waals surface area contributed by atoms with Gasteiger partial charge in [-0.15, -0.1) is 0 Å². The molecular weight excluding hydrogens is 258 g/mol. The number of carbonyl (C=O) groups excluding carboxylic acids is 2. The number of hydrogen-bond donors (Lipinski definition) is 1. The van der Waals surface area contributed by atoms with Crippen LogP contribution in [-0.4, -0.2) is 17.5 Å². The Hall–Kier alpha value is -1.75. The van der Waals surface area contributed by atoms with Crippen molar-refractivity contribution in [3.05, 3.63) is 17.2 Å². The second kappa shape index (κ2) is 4.17. The van der Waals surface area contributed by atoms with Gasteiger partial charge in [-0.2, -0.15) is 0 Å². The molecule has 96 valence electrons. The van der Waals surface area contributed by atoms with Gasteiger partial charge in [0.25, 0.3) is 5.91 Å². The lowest BCUT2D eigenvalue weighted by molar-refractivity contribution is -0.131. The summed E-state index contributed by atoms with van der Waals surface area (Å²) in [6.07, 6.45) is 0. The zero-order chi connectivity index (χ0) is 13.5. The normalized spacial score (nSPS) is 16.3. The third-order valence-corrected chi connectivity index (χ3v) is 2.71. The highest BCUT2D eigenvalue weighted by atomic mass is 35.5. The third kappa shape index (κ3) is 2.26. The molecule has 1 aromatic carbocycles. The van der Waals surface area contributed by atoms with Crippen LogP contribution in [0.25, 0.3) is 0 Å². The van der Waals surface area contributed by atoms with Gasteiger partial charge in [0.15, 0.2) is 11.4 Å². The smallest absolute Gasteiger partial charge is 0.308 e. The van der Waals surface area contributed by atoms with Crippen LogP contribution in [-0.2, 0) is 9.59 Å². The molecule has 0 spiro atoms. The quantitative estimate of drug-likeness (QED) is 0.628. The molecule has 1 aliphatic heterocycles. The first-order valence-corrected chi connectivity index (χ1v) is 5.70. The molecule has 0 saturated heterocycles. The molecule has 0 atom stereocenters. The van der Waals surface area contributed by atoms with E-state index >= 15 is 0 Å². The van der Waals surface area contributed by atoms with E-state index in [1.54, 1.807) is 13.8 Å². The molecule has 1 amide bonds. The van der Waals surface area contributed by atoms with Gasteiger partial charge in [-0.3, -0.25) is 9.59 Å². The first kappa shape index (κ1) is 12.7. The van der Waals surface area contributed by atoms with E-state index in [0.717, 1.165) is 0 Å². The number of esters is 1. The van der Waals surface area contributed by atoms with Crippen molar-refractivity contribution >= 4 is 29.2 Å². The van der Waals surface area contributed by atoms with Gasteiger partial charge in [0.05, 0.1) is 10.7 Å². The lowest BCUT2D eigenvalue weighted by Gasteiger charge is -2.32. The molecule has 0 saturated carbocycles. The van der Waals surface area contributed by atoms with Crippen molar-refractivity contribution in [3.8, 4) is 11.5 Å². The highest BCUT2D eigenvalue weighted by Gasteiger charge is 2.36. The van der Waals surface area contributed by atoms with Crippen molar-refractivity contribution < 1.29 is 19.1 Å². The first-order valence-electron chi connectivity index (χ1n) is 5.32. The summed E-state index contributed by atoms with van der Waals surface area (Å²) >= 11 is 6.04. The molecule has 5 nitrogen and oxygen atoms in total. The second-order valence-electron chi connectivity index (χ2n) is 4.44. The third-order valence-electron chi connectivity index (χ3n) is 2.43. The Morgan fingerprint density at radius 2 is 2.11 bits per heavy atom. The Labute approximate surface area is 109 Å². The average Bonchev–Trinajstić information content (AvgIpc) is 2.20. The number of hydrogen-bond acceptors (Lipinski definition) is 4. The molecular formula is C12H12ClNO4. The van der Waals surface area contributed by atoms with E-state index in [2.05, 4.69) is 5.32 Å². The standard InChI is InChI=1S/C12H12ClNO4/c1-6(15)17-7-4-8(13)10-9(5-7)14-11(16)12(2,3)18-10/h4-5H,1-3H3,(H,14,16). The first-order chi connectivity index (χ1) is 8.29. The Bertz CT molecular complexity index is 539. The number of rotatable bonds is 1. The number of anilines is 1. The number of benzene rings is 1. The zero-order valence-corrected chi connectivity index (χ0v) is 10.9. The number of amides is 1. The van der Waals surface area contributed by atoms with E-state index in [9.17, 15) is 9.59 Å². The van der Waals surface area contributed by atoms with Gasteiger partial charge < -0.3 is 14.8 Å². The van der Waals surface area contributed by atoms with Crippen LogP contribution in [0.3, 0.4) is 0 Å². The highest BCUT2D eigenvalue weighted by Crippen LogP contribution is 2.42. The van der Waals surface area contributed by atoms with Crippen molar-refractivity contribution in [1.82, 2.24) is 0 Å². The van der Waals surface area contributed by atoms with E-state index in [1.807, 2.05) is 0 Å². The summed E-state index contributed by atoms with van der Waals surface area (Å²) in [5.41, 5.74) is -0.595. The lowest BCUT2D eigenvalue weighted by Crippen LogP contribution is -2.45. The maximum atomic E-state index is 11.7. The van der Waals surface area contributed by atoms with Crippen molar-refractivity contribution in [2.24, 2.45) is 0 Å². The molecule has 1 heterocycles. The maximum Gasteiger partial charge on any atom is 0.308 e. The van der Waals surface area contributed by atoms with Crippen LogP contribution in [0.2, 0.25) is 5.02 Å². The fourth-order valence-corrected chi connectivity index (χ4v) is 1.81. The minimum absolute atomic E-state index is 0.259. The van der Waals surface area contributed by atoms with Crippen LogP contribution < -0.4 is 14.8 Å². The van der Waals surface area contributed by atoms with Crippen LogP contribution in [0.5, 0.6) is 11.5 Å². The predicted molar refractivity (Wildman–Crippen MR) is 66.1 cm³/mol. The average molecular weight is 270 g/mol. The molecule has 0 aliphatic carbocycles. The summed E-state index contributed by atoms with van der Waals surface area (Å²) in [5.74, 6) is -0.118. The Morgan fingerprint density at radius 1 is 1.44 bits per heavy atom. The summed E-state index contributed by atoms with van der Waals surface area (Å²) in [4.78, 5) is 22.6. The van der Waals surface area contributed by atoms with Gasteiger partial charge in [-0.05, 0) is 13.8 Å². The number of carbonyl (C=O) groups is 2. The van der Waals surface area contributed by atoms with Crippen LogP contribution in [0.4, 0.5) is 5.69 Å². The highest BCUT2D eigenvalue weighted by molar-refractivity contribution is 6.33. The zero-order valence-electron chi connectivity index (χ0n) is 10.2. The second-order valence-corrected chi connectivity index (χ2v) is 4.85. The summed E-state index contributed by atoms with van der Waals surface area (Å²) in [6.45, 7) is 4.56. The minimum atomic E-state index is -0.987. The molecule has 1 aromatic rings. The van der Waals surface area contributed by atoms with Gasteiger partial charge in [0, 0.05) is 19.1 Å². The number of halogens is 1. The molecule has 1 aliphatic rings. The molecule has 2 rings (SSSR count). The summed E-state index contributed by atoms with van der Waals surface area (Å²) < 4.78 is 10.5. The van der Waals surface area contributed by atoms with Crippen LogP contribution in [0.15, 0.2) is 12.1 Å². The Balaban J connectivity index is 2.44. The number of ether oxygens (including phenoxy) is 2. The molecule has 18 heavy (non-hydrogen) atoms. The fourth-order valence-electron chi connectivity index (χ4n) is 1.56.